The summed E-state index contributed by atoms with van der Waals surface area (Å²) in [4.78, 5) is 22.8. The van der Waals surface area contributed by atoms with Gasteiger partial charge in [0.1, 0.15) is 11.2 Å². The van der Waals surface area contributed by atoms with Crippen LogP contribution in [0.15, 0.2) is 0 Å². The second-order valence-electron chi connectivity index (χ2n) is 8.82. The third-order valence-corrected chi connectivity index (χ3v) is 5.57. The van der Waals surface area contributed by atoms with Gasteiger partial charge in [-0.15, -0.1) is 0 Å². The van der Waals surface area contributed by atoms with E-state index in [-0.39, 0.29) is 32.1 Å². The molecule has 0 saturated heterocycles. The second kappa shape index (κ2) is 5.07. The van der Waals surface area contributed by atoms with Crippen molar-refractivity contribution in [2.24, 2.45) is 10.8 Å². The van der Waals surface area contributed by atoms with Crippen LogP contribution in [0.3, 0.4) is 0 Å². The first-order chi connectivity index (χ1) is 11.5. The van der Waals surface area contributed by atoms with Gasteiger partial charge < -0.3 is 9.47 Å². The lowest BCUT2D eigenvalue weighted by atomic mass is 9.42. The Morgan fingerprint density at radius 3 is 1.23 bits per heavy atom. The summed E-state index contributed by atoms with van der Waals surface area (Å²) in [7, 11) is 0. The molecule has 4 bridgehead atoms. The number of ether oxygens (including phenoxy) is 2. The van der Waals surface area contributed by atoms with Gasteiger partial charge in [-0.05, 0) is 42.9 Å². The third-order valence-electron chi connectivity index (χ3n) is 5.57. The molecule has 4 aliphatic rings. The molecule has 0 aromatic heterocycles. The number of esters is 2. The number of alkyl halides is 6. The molecule has 0 atom stereocenters. The molecule has 0 unspecified atom stereocenters. The van der Waals surface area contributed by atoms with Crippen LogP contribution in [0.4, 0.5) is 26.3 Å². The second-order valence-corrected chi connectivity index (χ2v) is 8.82. The Morgan fingerprint density at radius 2 is 0.962 bits per heavy atom. The Hall–Kier alpha value is -1.48. The molecule has 148 valence electrons. The van der Waals surface area contributed by atoms with Crippen molar-refractivity contribution in [3.8, 4) is 0 Å². The summed E-state index contributed by atoms with van der Waals surface area (Å²) in [6.45, 7) is 3.43. The van der Waals surface area contributed by atoms with E-state index in [1.807, 2.05) is 0 Å². The van der Waals surface area contributed by atoms with Crippen LogP contribution in [0, 0.1) is 10.8 Å². The molecule has 26 heavy (non-hydrogen) atoms. The van der Waals surface area contributed by atoms with Crippen molar-refractivity contribution < 1.29 is 45.4 Å². The van der Waals surface area contributed by atoms with Crippen molar-refractivity contribution in [2.45, 2.75) is 75.9 Å². The zero-order chi connectivity index (χ0) is 19.8. The first-order valence-electron chi connectivity index (χ1n) is 8.10. The van der Waals surface area contributed by atoms with E-state index in [4.69, 9.17) is 9.47 Å². The molecule has 0 heterocycles. The Kier molecular flexibility index (Phi) is 3.76. The zero-order valence-corrected chi connectivity index (χ0v) is 14.1. The van der Waals surface area contributed by atoms with E-state index >= 15 is 0 Å². The van der Waals surface area contributed by atoms with E-state index in [9.17, 15) is 35.9 Å². The van der Waals surface area contributed by atoms with E-state index in [0.717, 1.165) is 0 Å². The molecule has 10 heteroatoms. The van der Waals surface area contributed by atoms with Crippen molar-refractivity contribution in [3.05, 3.63) is 0 Å². The van der Waals surface area contributed by atoms with Gasteiger partial charge in [0.05, 0.1) is 0 Å². The van der Waals surface area contributed by atoms with Crippen LogP contribution in [-0.2, 0) is 19.1 Å². The number of rotatable bonds is 2. The van der Waals surface area contributed by atoms with Gasteiger partial charge in [0.25, 0.3) is 0 Å². The quantitative estimate of drug-likeness (QED) is 0.529. The van der Waals surface area contributed by atoms with Crippen molar-refractivity contribution in [2.75, 3.05) is 0 Å². The minimum atomic E-state index is -5.21. The standard InChI is InChI=1S/C16H18F6O4/c1-11-3-12(2)6-13(4-11,25-9(23)15(17,18)19)8-14(5-11,7-12)26-10(24)16(20,21)22/h3-8H2,1-2H3. The van der Waals surface area contributed by atoms with Crippen LogP contribution in [-0.4, -0.2) is 35.5 Å². The Labute approximate surface area is 145 Å². The number of hydrogen-bond acceptors (Lipinski definition) is 4. The van der Waals surface area contributed by atoms with Gasteiger partial charge in [0, 0.05) is 6.42 Å². The molecule has 4 nitrogen and oxygen atoms in total. The highest BCUT2D eigenvalue weighted by Gasteiger charge is 2.70. The minimum absolute atomic E-state index is 0.0999. The molecule has 0 spiro atoms. The molecule has 0 aromatic carbocycles. The Balaban J connectivity index is 1.95. The van der Waals surface area contributed by atoms with E-state index in [1.165, 1.54) is 0 Å². The fourth-order valence-corrected chi connectivity index (χ4v) is 6.20. The summed E-state index contributed by atoms with van der Waals surface area (Å²) in [6, 6.07) is 0. The zero-order valence-electron chi connectivity index (χ0n) is 14.1. The van der Waals surface area contributed by atoms with Crippen LogP contribution >= 0.6 is 0 Å². The van der Waals surface area contributed by atoms with Crippen LogP contribution in [0.1, 0.15) is 52.4 Å². The van der Waals surface area contributed by atoms with Gasteiger partial charge >= 0.3 is 24.3 Å². The average molecular weight is 388 g/mol. The highest BCUT2D eigenvalue weighted by molar-refractivity contribution is 5.77. The number of carbonyl (C=O) groups is 2. The molecular formula is C16H18F6O4. The molecule has 0 aromatic rings. The molecule has 0 radical (unpaired) electrons. The molecule has 4 saturated carbocycles. The molecule has 0 N–H and O–H groups in total. The Bertz CT molecular complexity index is 584. The van der Waals surface area contributed by atoms with E-state index in [2.05, 4.69) is 0 Å². The van der Waals surface area contributed by atoms with Crippen molar-refractivity contribution in [3.63, 3.8) is 0 Å². The van der Waals surface area contributed by atoms with Gasteiger partial charge in [-0.3, -0.25) is 0 Å². The average Bonchev–Trinajstić information content (AvgIpc) is 2.29. The van der Waals surface area contributed by atoms with Gasteiger partial charge in [0.15, 0.2) is 0 Å². The minimum Gasteiger partial charge on any atom is -0.452 e. The number of hydrogen-bond donors (Lipinski definition) is 0. The summed E-state index contributed by atoms with van der Waals surface area (Å²) in [6.07, 6.45) is -9.82. The predicted octanol–water partition coefficient (Wildman–Crippen LogP) is 4.07. The normalized spacial score (nSPS) is 41.8. The van der Waals surface area contributed by atoms with E-state index in [0.29, 0.717) is 6.42 Å². The largest absolute Gasteiger partial charge is 0.490 e. The van der Waals surface area contributed by atoms with Gasteiger partial charge in [0.2, 0.25) is 0 Å². The molecule has 4 aliphatic carbocycles. The third kappa shape index (κ3) is 3.26. The van der Waals surface area contributed by atoms with Crippen LogP contribution in [0.5, 0.6) is 0 Å². The summed E-state index contributed by atoms with van der Waals surface area (Å²) >= 11 is 0. The summed E-state index contributed by atoms with van der Waals surface area (Å²) in [5, 5.41) is 0. The molecule has 0 aliphatic heterocycles. The lowest BCUT2D eigenvalue weighted by Gasteiger charge is -2.67. The van der Waals surface area contributed by atoms with Crippen molar-refractivity contribution in [1.29, 1.82) is 0 Å². The highest BCUT2D eigenvalue weighted by Crippen LogP contribution is 2.69. The lowest BCUT2D eigenvalue weighted by Crippen LogP contribution is -2.68. The topological polar surface area (TPSA) is 52.6 Å². The predicted molar refractivity (Wildman–Crippen MR) is 73.7 cm³/mol. The van der Waals surface area contributed by atoms with Gasteiger partial charge in [-0.1, -0.05) is 13.8 Å². The molecular weight excluding hydrogens is 370 g/mol. The monoisotopic (exact) mass is 388 g/mol. The molecule has 4 rings (SSSR count). The van der Waals surface area contributed by atoms with Crippen molar-refractivity contribution >= 4 is 11.9 Å². The summed E-state index contributed by atoms with van der Waals surface area (Å²) < 4.78 is 85.7. The maximum absolute atomic E-state index is 12.7. The maximum atomic E-state index is 12.7. The SMILES string of the molecule is CC12CC3(C)CC(OC(=O)C(F)(F)F)(C1)CC(OC(=O)C(F)(F)F)(C2)C3. The fraction of sp³-hybridized carbons (Fsp3) is 0.875. The first-order valence-corrected chi connectivity index (χ1v) is 8.10. The molecule has 4 fully saturated rings. The van der Waals surface area contributed by atoms with E-state index in [1.54, 1.807) is 13.8 Å². The van der Waals surface area contributed by atoms with E-state index < -0.39 is 46.3 Å². The Morgan fingerprint density at radius 1 is 0.654 bits per heavy atom. The van der Waals surface area contributed by atoms with Crippen LogP contribution in [0.2, 0.25) is 0 Å². The van der Waals surface area contributed by atoms with Crippen molar-refractivity contribution in [1.82, 2.24) is 0 Å². The maximum Gasteiger partial charge on any atom is 0.490 e. The van der Waals surface area contributed by atoms with Gasteiger partial charge in [-0.25, -0.2) is 9.59 Å². The van der Waals surface area contributed by atoms with Crippen LogP contribution < -0.4 is 0 Å². The fourth-order valence-electron chi connectivity index (χ4n) is 6.20. The smallest absolute Gasteiger partial charge is 0.452 e. The number of halogens is 6. The summed E-state index contributed by atoms with van der Waals surface area (Å²) in [5.41, 5.74) is -4.53. The number of carbonyl (C=O) groups excluding carboxylic acids is 2. The van der Waals surface area contributed by atoms with Crippen LogP contribution in [0.25, 0.3) is 0 Å². The summed E-state index contributed by atoms with van der Waals surface area (Å²) in [5.74, 6) is -4.74. The highest BCUT2D eigenvalue weighted by atomic mass is 19.4. The van der Waals surface area contributed by atoms with Gasteiger partial charge in [-0.2, -0.15) is 26.3 Å². The first kappa shape index (κ1) is 19.3. The molecule has 0 amide bonds. The lowest BCUT2D eigenvalue weighted by molar-refractivity contribution is -0.288.